The lowest BCUT2D eigenvalue weighted by Crippen LogP contribution is -2.36. The fourth-order valence-electron chi connectivity index (χ4n) is 2.95. The molecule has 3 heterocycles. The molecule has 0 radical (unpaired) electrons. The number of carbonyl (C=O) groups is 1. The molecule has 1 aromatic carbocycles. The van der Waals surface area contributed by atoms with E-state index in [0.29, 0.717) is 30.6 Å². The van der Waals surface area contributed by atoms with Crippen LogP contribution in [0.15, 0.2) is 47.2 Å². The van der Waals surface area contributed by atoms with Crippen LogP contribution in [0.4, 0.5) is 23.0 Å². The van der Waals surface area contributed by atoms with Gasteiger partial charge in [-0.05, 0) is 19.1 Å². The van der Waals surface area contributed by atoms with E-state index < -0.39 is 0 Å². The quantitative estimate of drug-likeness (QED) is 0.696. The van der Waals surface area contributed by atoms with Gasteiger partial charge in [-0.25, -0.2) is 9.97 Å². The van der Waals surface area contributed by atoms with Crippen LogP contribution in [0.5, 0.6) is 0 Å². The third-order valence-electron chi connectivity index (χ3n) is 4.29. The number of rotatable bonds is 5. The zero-order valence-electron chi connectivity index (χ0n) is 15.4. The van der Waals surface area contributed by atoms with Gasteiger partial charge in [-0.3, -0.25) is 4.79 Å². The summed E-state index contributed by atoms with van der Waals surface area (Å²) < 4.78 is 10.4. The molecule has 144 valence electrons. The smallest absolute Gasteiger partial charge is 0.275 e. The van der Waals surface area contributed by atoms with E-state index in [4.69, 9.17) is 9.26 Å². The summed E-state index contributed by atoms with van der Waals surface area (Å²) in [5.74, 6) is 1.09. The zero-order valence-corrected chi connectivity index (χ0v) is 15.4. The van der Waals surface area contributed by atoms with E-state index in [2.05, 4.69) is 36.7 Å². The van der Waals surface area contributed by atoms with E-state index in [1.807, 2.05) is 18.2 Å². The Kier molecular flexibility index (Phi) is 5.16. The minimum Gasteiger partial charge on any atom is -0.378 e. The second-order valence-corrected chi connectivity index (χ2v) is 6.31. The van der Waals surface area contributed by atoms with Crippen molar-refractivity contribution >= 4 is 28.9 Å². The Morgan fingerprint density at radius 2 is 1.93 bits per heavy atom. The molecule has 0 aliphatic carbocycles. The summed E-state index contributed by atoms with van der Waals surface area (Å²) in [7, 11) is 0. The average Bonchev–Trinajstić information content (AvgIpc) is 3.14. The Bertz CT molecular complexity index is 968. The van der Waals surface area contributed by atoms with Crippen molar-refractivity contribution in [1.82, 2.24) is 15.1 Å². The predicted molar refractivity (Wildman–Crippen MR) is 104 cm³/mol. The van der Waals surface area contributed by atoms with E-state index in [0.717, 1.165) is 24.5 Å². The van der Waals surface area contributed by atoms with Crippen LogP contribution in [0.25, 0.3) is 0 Å². The number of amides is 1. The van der Waals surface area contributed by atoms with Crippen LogP contribution < -0.4 is 15.5 Å². The molecule has 3 aromatic rings. The minimum atomic E-state index is -0.389. The van der Waals surface area contributed by atoms with Gasteiger partial charge in [-0.15, -0.1) is 0 Å². The molecule has 2 N–H and O–H groups in total. The SMILES string of the molecule is Cc1cc(NC(=O)c2cc(Nc3ccccc3N3CCOCC3)ncn2)no1. The van der Waals surface area contributed by atoms with Crippen molar-refractivity contribution in [2.45, 2.75) is 6.92 Å². The first kappa shape index (κ1) is 17.9. The van der Waals surface area contributed by atoms with Crippen molar-refractivity contribution in [1.29, 1.82) is 0 Å². The molecular weight excluding hydrogens is 360 g/mol. The first-order valence-corrected chi connectivity index (χ1v) is 8.94. The van der Waals surface area contributed by atoms with E-state index in [1.54, 1.807) is 19.1 Å². The third-order valence-corrected chi connectivity index (χ3v) is 4.29. The van der Waals surface area contributed by atoms with Crippen molar-refractivity contribution < 1.29 is 14.1 Å². The summed E-state index contributed by atoms with van der Waals surface area (Å²) in [5, 5.41) is 9.69. The lowest BCUT2D eigenvalue weighted by molar-refractivity contribution is 0.102. The molecule has 28 heavy (non-hydrogen) atoms. The third kappa shape index (κ3) is 4.09. The van der Waals surface area contributed by atoms with Crippen LogP contribution >= 0.6 is 0 Å². The Morgan fingerprint density at radius 3 is 2.71 bits per heavy atom. The average molecular weight is 380 g/mol. The molecule has 9 heteroatoms. The number of nitrogens with zero attached hydrogens (tertiary/aromatic N) is 4. The Morgan fingerprint density at radius 1 is 1.11 bits per heavy atom. The van der Waals surface area contributed by atoms with Gasteiger partial charge in [0, 0.05) is 25.2 Å². The number of carbonyl (C=O) groups excluding carboxylic acids is 1. The van der Waals surface area contributed by atoms with E-state index in [-0.39, 0.29) is 11.6 Å². The zero-order chi connectivity index (χ0) is 19.3. The van der Waals surface area contributed by atoms with E-state index in [1.165, 1.54) is 6.33 Å². The largest absolute Gasteiger partial charge is 0.378 e. The maximum absolute atomic E-state index is 12.4. The minimum absolute atomic E-state index is 0.224. The van der Waals surface area contributed by atoms with Crippen molar-refractivity contribution in [2.24, 2.45) is 0 Å². The highest BCUT2D eigenvalue weighted by molar-refractivity contribution is 6.02. The first-order valence-electron chi connectivity index (χ1n) is 8.94. The highest BCUT2D eigenvalue weighted by Crippen LogP contribution is 2.28. The van der Waals surface area contributed by atoms with Crippen LogP contribution in [0.2, 0.25) is 0 Å². The number of anilines is 4. The molecule has 1 aliphatic heterocycles. The molecule has 2 aromatic heterocycles. The number of ether oxygens (including phenoxy) is 1. The molecule has 0 spiro atoms. The molecule has 0 saturated carbocycles. The summed E-state index contributed by atoms with van der Waals surface area (Å²) in [4.78, 5) is 22.9. The highest BCUT2D eigenvalue weighted by atomic mass is 16.5. The summed E-state index contributed by atoms with van der Waals surface area (Å²) in [6.07, 6.45) is 1.35. The van der Waals surface area contributed by atoms with E-state index in [9.17, 15) is 4.79 Å². The molecule has 1 aliphatic rings. The second kappa shape index (κ2) is 8.05. The Labute approximate surface area is 161 Å². The first-order chi connectivity index (χ1) is 13.7. The number of morpholine rings is 1. The fourth-order valence-corrected chi connectivity index (χ4v) is 2.95. The molecule has 0 atom stereocenters. The van der Waals surface area contributed by atoms with Gasteiger partial charge >= 0.3 is 0 Å². The van der Waals surface area contributed by atoms with Crippen LogP contribution in [0.1, 0.15) is 16.2 Å². The lowest BCUT2D eigenvalue weighted by Gasteiger charge is -2.30. The number of nitrogens with one attached hydrogen (secondary N) is 2. The standard InChI is InChI=1S/C19H20N6O3/c1-13-10-18(24-28-13)23-19(26)15-11-17(21-12-20-15)22-14-4-2-3-5-16(14)25-6-8-27-9-7-25/h2-5,10-12H,6-9H2,1H3,(H,20,21,22)(H,23,24,26). The van der Waals surface area contributed by atoms with Crippen molar-refractivity contribution in [3.63, 3.8) is 0 Å². The topological polar surface area (TPSA) is 105 Å². The van der Waals surface area contributed by atoms with E-state index >= 15 is 0 Å². The summed E-state index contributed by atoms with van der Waals surface area (Å²) in [5.41, 5.74) is 2.19. The number of benzene rings is 1. The normalized spacial score (nSPS) is 14.0. The molecule has 0 unspecified atom stereocenters. The van der Waals surface area contributed by atoms with Gasteiger partial charge in [0.15, 0.2) is 5.82 Å². The lowest BCUT2D eigenvalue weighted by atomic mass is 10.2. The number of aryl methyl sites for hydroxylation is 1. The van der Waals surface area contributed by atoms with Crippen LogP contribution in [0.3, 0.4) is 0 Å². The maximum Gasteiger partial charge on any atom is 0.275 e. The molecule has 0 bridgehead atoms. The Balaban J connectivity index is 1.51. The Hall–Kier alpha value is -3.46. The van der Waals surface area contributed by atoms with Crippen LogP contribution in [-0.2, 0) is 4.74 Å². The predicted octanol–water partition coefficient (Wildman–Crippen LogP) is 2.61. The van der Waals surface area contributed by atoms with Crippen LogP contribution in [-0.4, -0.2) is 47.3 Å². The van der Waals surface area contributed by atoms with Crippen molar-refractivity contribution in [3.05, 3.63) is 54.2 Å². The second-order valence-electron chi connectivity index (χ2n) is 6.31. The van der Waals surface area contributed by atoms with Gasteiger partial charge in [0.05, 0.1) is 24.6 Å². The number of aromatic nitrogens is 3. The summed E-state index contributed by atoms with van der Waals surface area (Å²) in [6, 6.07) is 11.2. The molecular formula is C19H20N6O3. The van der Waals surface area contributed by atoms with Crippen LogP contribution in [0, 0.1) is 6.92 Å². The molecule has 1 amide bonds. The van der Waals surface area contributed by atoms with Gasteiger partial charge in [0.1, 0.15) is 23.6 Å². The van der Waals surface area contributed by atoms with Gasteiger partial charge < -0.3 is 24.8 Å². The maximum atomic E-state index is 12.4. The van der Waals surface area contributed by atoms with Gasteiger partial charge in [-0.2, -0.15) is 0 Å². The van der Waals surface area contributed by atoms with Gasteiger partial charge in [0.2, 0.25) is 0 Å². The summed E-state index contributed by atoms with van der Waals surface area (Å²) in [6.45, 7) is 4.81. The number of para-hydroxylation sites is 2. The van der Waals surface area contributed by atoms with Crippen molar-refractivity contribution in [2.75, 3.05) is 41.8 Å². The summed E-state index contributed by atoms with van der Waals surface area (Å²) >= 11 is 0. The van der Waals surface area contributed by atoms with Gasteiger partial charge in [0.25, 0.3) is 5.91 Å². The fraction of sp³-hybridized carbons (Fsp3) is 0.263. The molecule has 1 saturated heterocycles. The molecule has 9 nitrogen and oxygen atoms in total. The highest BCUT2D eigenvalue weighted by Gasteiger charge is 2.16. The number of hydrogen-bond acceptors (Lipinski definition) is 8. The van der Waals surface area contributed by atoms with Gasteiger partial charge in [-0.1, -0.05) is 17.3 Å². The monoisotopic (exact) mass is 380 g/mol. The number of hydrogen-bond donors (Lipinski definition) is 2. The van der Waals surface area contributed by atoms with Crippen molar-refractivity contribution in [3.8, 4) is 0 Å². The molecule has 1 fully saturated rings. The molecule has 4 rings (SSSR count).